The van der Waals surface area contributed by atoms with Gasteiger partial charge in [0.1, 0.15) is 5.75 Å². The number of rotatable bonds is 4. The zero-order valence-corrected chi connectivity index (χ0v) is 15.1. The summed E-state index contributed by atoms with van der Waals surface area (Å²) >= 11 is 0. The molecule has 2 N–H and O–H groups in total. The number of aromatic hydroxyl groups is 1. The smallest absolute Gasteiger partial charge is 0.257 e. The number of hydrogen-bond acceptors (Lipinski definition) is 4. The van der Waals surface area contributed by atoms with E-state index in [9.17, 15) is 15.0 Å². The molecule has 1 unspecified atom stereocenters. The van der Waals surface area contributed by atoms with Crippen molar-refractivity contribution in [2.45, 2.75) is 39.5 Å². The van der Waals surface area contributed by atoms with Crippen molar-refractivity contribution in [2.75, 3.05) is 32.9 Å². The van der Waals surface area contributed by atoms with Crippen molar-refractivity contribution in [2.24, 2.45) is 5.92 Å². The van der Waals surface area contributed by atoms with Gasteiger partial charge in [-0.05, 0) is 29.0 Å². The lowest BCUT2D eigenvalue weighted by molar-refractivity contribution is 0.0725. The normalized spacial score (nSPS) is 19.0. The zero-order chi connectivity index (χ0) is 17.9. The number of amides is 1. The highest BCUT2D eigenvalue weighted by atomic mass is 16.5. The summed E-state index contributed by atoms with van der Waals surface area (Å²) in [4.78, 5) is 14.7. The number of aliphatic hydroxyl groups excluding tert-OH is 1. The second kappa shape index (κ2) is 7.99. The molecule has 24 heavy (non-hydrogen) atoms. The first kappa shape index (κ1) is 18.7. The topological polar surface area (TPSA) is 70.0 Å². The number of benzene rings is 1. The van der Waals surface area contributed by atoms with Gasteiger partial charge in [0.25, 0.3) is 5.91 Å². The van der Waals surface area contributed by atoms with Gasteiger partial charge in [-0.2, -0.15) is 0 Å². The van der Waals surface area contributed by atoms with Crippen LogP contribution in [0.2, 0.25) is 0 Å². The van der Waals surface area contributed by atoms with Crippen LogP contribution >= 0.6 is 0 Å². The van der Waals surface area contributed by atoms with Crippen molar-refractivity contribution in [3.63, 3.8) is 0 Å². The first-order valence-electron chi connectivity index (χ1n) is 8.69. The average molecular weight is 335 g/mol. The third kappa shape index (κ3) is 4.08. The third-order valence-electron chi connectivity index (χ3n) is 4.56. The minimum atomic E-state index is -0.194. The molecular formula is C19H29NO4. The molecule has 1 aliphatic rings. The van der Waals surface area contributed by atoms with E-state index in [0.717, 1.165) is 11.1 Å². The molecule has 1 aliphatic heterocycles. The van der Waals surface area contributed by atoms with Gasteiger partial charge in [-0.15, -0.1) is 0 Å². The third-order valence-corrected chi connectivity index (χ3v) is 4.56. The number of ether oxygens (including phenoxy) is 1. The van der Waals surface area contributed by atoms with Crippen molar-refractivity contribution >= 4 is 5.91 Å². The second-order valence-corrected chi connectivity index (χ2v) is 7.19. The number of carbonyl (C=O) groups excluding carboxylic acids is 1. The van der Waals surface area contributed by atoms with Gasteiger partial charge in [-0.3, -0.25) is 4.79 Å². The summed E-state index contributed by atoms with van der Waals surface area (Å²) < 4.78 is 5.45. The van der Waals surface area contributed by atoms with Crippen LogP contribution in [0.1, 0.15) is 61.0 Å². The summed E-state index contributed by atoms with van der Waals surface area (Å²) in [5.74, 6) is 0.197. The summed E-state index contributed by atoms with van der Waals surface area (Å²) in [7, 11) is 0. The molecule has 5 heteroatoms. The van der Waals surface area contributed by atoms with Crippen LogP contribution in [0.5, 0.6) is 5.75 Å². The molecule has 1 aromatic rings. The Bertz CT molecular complexity index is 583. The molecule has 0 aliphatic carbocycles. The van der Waals surface area contributed by atoms with Crippen molar-refractivity contribution in [1.29, 1.82) is 0 Å². The minimum absolute atomic E-state index is 0.0148. The molecule has 134 valence electrons. The van der Waals surface area contributed by atoms with Gasteiger partial charge in [0.15, 0.2) is 0 Å². The van der Waals surface area contributed by atoms with Gasteiger partial charge < -0.3 is 19.8 Å². The maximum absolute atomic E-state index is 13.0. The summed E-state index contributed by atoms with van der Waals surface area (Å²) in [5, 5.41) is 20.0. The molecule has 0 radical (unpaired) electrons. The Hall–Kier alpha value is -1.59. The lowest BCUT2D eigenvalue weighted by Gasteiger charge is -2.25. The lowest BCUT2D eigenvalue weighted by atomic mass is 9.91. The first-order chi connectivity index (χ1) is 11.3. The van der Waals surface area contributed by atoms with Gasteiger partial charge in [-0.1, -0.05) is 33.8 Å². The van der Waals surface area contributed by atoms with Gasteiger partial charge in [-0.25, -0.2) is 0 Å². The fourth-order valence-corrected chi connectivity index (χ4v) is 2.96. The molecule has 5 nitrogen and oxygen atoms in total. The molecule has 0 saturated carbocycles. The highest BCUT2D eigenvalue weighted by Crippen LogP contribution is 2.34. The Balaban J connectivity index is 2.40. The Morgan fingerprint density at radius 1 is 1.29 bits per heavy atom. The van der Waals surface area contributed by atoms with Crippen molar-refractivity contribution in [1.82, 2.24) is 4.90 Å². The number of carbonyl (C=O) groups is 1. The molecule has 0 aromatic heterocycles. The molecule has 1 amide bonds. The van der Waals surface area contributed by atoms with E-state index in [0.29, 0.717) is 31.9 Å². The summed E-state index contributed by atoms with van der Waals surface area (Å²) in [5.41, 5.74) is 2.20. The number of nitrogens with zero attached hydrogens (tertiary/aromatic N) is 1. The molecule has 0 bridgehead atoms. The quantitative estimate of drug-likeness (QED) is 0.887. The van der Waals surface area contributed by atoms with Crippen LogP contribution in [0.15, 0.2) is 12.1 Å². The minimum Gasteiger partial charge on any atom is -0.507 e. The predicted octanol–water partition coefficient (Wildman–Crippen LogP) is 2.72. The Morgan fingerprint density at radius 3 is 2.58 bits per heavy atom. The van der Waals surface area contributed by atoms with Crippen LogP contribution in [0.4, 0.5) is 0 Å². The SMILES string of the molecule is CC(C)c1cc(C(=O)N2CCOCC(CO)C2)c(O)c(C(C)C)c1. The molecule has 1 atom stereocenters. The van der Waals surface area contributed by atoms with Crippen molar-refractivity contribution < 1.29 is 19.7 Å². The zero-order valence-electron chi connectivity index (χ0n) is 15.1. The van der Waals surface area contributed by atoms with Crippen LogP contribution in [-0.4, -0.2) is 53.9 Å². The van der Waals surface area contributed by atoms with Crippen molar-refractivity contribution in [3.8, 4) is 5.75 Å². The highest BCUT2D eigenvalue weighted by molar-refractivity contribution is 5.97. The molecular weight excluding hydrogens is 306 g/mol. The number of phenolic OH excluding ortho intramolecular Hbond substituents is 1. The standard InChI is InChI=1S/C19H29NO4/c1-12(2)15-7-16(13(3)4)18(22)17(8-15)19(23)20-5-6-24-11-14(9-20)10-21/h7-8,12-14,21-22H,5-6,9-11H2,1-4H3. The molecule has 1 heterocycles. The van der Waals surface area contributed by atoms with E-state index in [1.54, 1.807) is 11.0 Å². The van der Waals surface area contributed by atoms with E-state index >= 15 is 0 Å². The molecule has 1 saturated heterocycles. The largest absolute Gasteiger partial charge is 0.507 e. The maximum Gasteiger partial charge on any atom is 0.257 e. The molecule has 1 aromatic carbocycles. The van der Waals surface area contributed by atoms with E-state index in [1.165, 1.54) is 0 Å². The lowest BCUT2D eigenvalue weighted by Crippen LogP contribution is -2.37. The number of phenols is 1. The maximum atomic E-state index is 13.0. The highest BCUT2D eigenvalue weighted by Gasteiger charge is 2.26. The Labute approximate surface area is 144 Å². The number of hydrogen-bond donors (Lipinski definition) is 2. The number of aliphatic hydroxyl groups is 1. The molecule has 1 fully saturated rings. The Kier molecular flexibility index (Phi) is 6.24. The van der Waals surface area contributed by atoms with Crippen LogP contribution < -0.4 is 0 Å². The van der Waals surface area contributed by atoms with E-state index in [-0.39, 0.29) is 36.0 Å². The van der Waals surface area contributed by atoms with Crippen LogP contribution in [0, 0.1) is 5.92 Å². The van der Waals surface area contributed by atoms with Crippen LogP contribution in [0.3, 0.4) is 0 Å². The fourth-order valence-electron chi connectivity index (χ4n) is 2.96. The van der Waals surface area contributed by atoms with Gasteiger partial charge in [0.05, 0.1) is 18.8 Å². The van der Waals surface area contributed by atoms with Gasteiger partial charge in [0, 0.05) is 25.6 Å². The van der Waals surface area contributed by atoms with E-state index in [1.807, 2.05) is 19.9 Å². The van der Waals surface area contributed by atoms with Crippen LogP contribution in [0.25, 0.3) is 0 Å². The molecule has 2 rings (SSSR count). The van der Waals surface area contributed by atoms with Crippen molar-refractivity contribution in [3.05, 3.63) is 28.8 Å². The summed E-state index contributed by atoms with van der Waals surface area (Å²) in [6.45, 7) is 9.97. The molecule has 0 spiro atoms. The average Bonchev–Trinajstić information content (AvgIpc) is 2.79. The second-order valence-electron chi connectivity index (χ2n) is 7.19. The predicted molar refractivity (Wildman–Crippen MR) is 93.6 cm³/mol. The van der Waals surface area contributed by atoms with Crippen LogP contribution in [-0.2, 0) is 4.74 Å². The summed E-state index contributed by atoms with van der Waals surface area (Å²) in [6, 6.07) is 3.79. The van der Waals surface area contributed by atoms with E-state index in [2.05, 4.69) is 13.8 Å². The fraction of sp³-hybridized carbons (Fsp3) is 0.632. The van der Waals surface area contributed by atoms with E-state index < -0.39 is 0 Å². The summed E-state index contributed by atoms with van der Waals surface area (Å²) in [6.07, 6.45) is 0. The van der Waals surface area contributed by atoms with E-state index in [4.69, 9.17) is 4.74 Å². The van der Waals surface area contributed by atoms with Gasteiger partial charge >= 0.3 is 0 Å². The van der Waals surface area contributed by atoms with Gasteiger partial charge in [0.2, 0.25) is 0 Å². The monoisotopic (exact) mass is 335 g/mol. The Morgan fingerprint density at radius 2 is 2.00 bits per heavy atom. The first-order valence-corrected chi connectivity index (χ1v) is 8.69.